The van der Waals surface area contributed by atoms with Crippen LogP contribution in [-0.2, 0) is 19.5 Å². The van der Waals surface area contributed by atoms with E-state index in [9.17, 15) is 4.79 Å². The van der Waals surface area contributed by atoms with Gasteiger partial charge in [0.05, 0.1) is 35.3 Å². The van der Waals surface area contributed by atoms with Gasteiger partial charge in [0.1, 0.15) is 0 Å². The third-order valence-corrected chi connectivity index (χ3v) is 4.49. The van der Waals surface area contributed by atoms with Gasteiger partial charge in [-0.3, -0.25) is 4.79 Å². The molecule has 0 saturated carbocycles. The summed E-state index contributed by atoms with van der Waals surface area (Å²) in [5, 5.41) is 13.9. The van der Waals surface area contributed by atoms with Crippen LogP contribution < -0.4 is 5.56 Å². The van der Waals surface area contributed by atoms with Gasteiger partial charge in [0.25, 0.3) is 5.56 Å². The summed E-state index contributed by atoms with van der Waals surface area (Å²) < 4.78 is 3.72. The largest absolute Gasteiger partial charge is 0.343 e. The highest BCUT2D eigenvalue weighted by Gasteiger charge is 2.16. The lowest BCUT2D eigenvalue weighted by molar-refractivity contribution is 0.543. The smallest absolute Gasteiger partial charge is 0.276 e. The fraction of sp³-hybridized carbons (Fsp3) is 0.278. The van der Waals surface area contributed by atoms with Crippen LogP contribution in [0.25, 0.3) is 10.9 Å². The number of hydrogen-bond acceptors (Lipinski definition) is 3. The van der Waals surface area contributed by atoms with Gasteiger partial charge in [-0.2, -0.15) is 10.4 Å². The molecule has 0 bridgehead atoms. The van der Waals surface area contributed by atoms with E-state index in [-0.39, 0.29) is 5.56 Å². The van der Waals surface area contributed by atoms with Crippen molar-refractivity contribution in [3.63, 3.8) is 0 Å². The lowest BCUT2D eigenvalue weighted by Gasteiger charge is -2.15. The monoisotopic (exact) mass is 304 g/mol. The summed E-state index contributed by atoms with van der Waals surface area (Å²) in [5.74, 6) is 0. The van der Waals surface area contributed by atoms with Gasteiger partial charge in [0.2, 0.25) is 0 Å². The van der Waals surface area contributed by atoms with Crippen LogP contribution >= 0.6 is 0 Å². The first-order valence-electron chi connectivity index (χ1n) is 7.83. The summed E-state index contributed by atoms with van der Waals surface area (Å²) in [6.45, 7) is 1.39. The van der Waals surface area contributed by atoms with E-state index in [2.05, 4.69) is 15.7 Å². The SMILES string of the molecule is N#Cc1ccc(Cn2ncc3c(cc4n3CCCC4)c2=O)cc1. The first-order chi connectivity index (χ1) is 11.3. The molecule has 3 heterocycles. The van der Waals surface area contributed by atoms with Gasteiger partial charge in [-0.05, 0) is 43.0 Å². The van der Waals surface area contributed by atoms with E-state index in [1.807, 2.05) is 18.2 Å². The van der Waals surface area contributed by atoms with Gasteiger partial charge in [0, 0.05) is 12.2 Å². The van der Waals surface area contributed by atoms with Crippen LogP contribution in [0.2, 0.25) is 0 Å². The number of hydrogen-bond donors (Lipinski definition) is 0. The standard InChI is InChI=1S/C18H16N4O/c19-10-13-4-6-14(7-5-13)12-22-18(23)16-9-15-3-1-2-8-21(15)17(16)11-20-22/h4-7,9,11H,1-3,8,12H2. The number of nitrogens with zero attached hydrogens (tertiary/aromatic N) is 4. The van der Waals surface area contributed by atoms with E-state index in [0.29, 0.717) is 12.1 Å². The third-order valence-electron chi connectivity index (χ3n) is 4.49. The zero-order valence-electron chi connectivity index (χ0n) is 12.7. The molecule has 5 nitrogen and oxygen atoms in total. The van der Waals surface area contributed by atoms with Crippen molar-refractivity contribution in [3.8, 4) is 6.07 Å². The molecule has 0 aliphatic carbocycles. The highest BCUT2D eigenvalue weighted by Crippen LogP contribution is 2.22. The average Bonchev–Trinajstić information content (AvgIpc) is 2.98. The van der Waals surface area contributed by atoms with Crippen LogP contribution in [0.15, 0.2) is 41.3 Å². The topological polar surface area (TPSA) is 63.6 Å². The van der Waals surface area contributed by atoms with Crippen LogP contribution in [0.1, 0.15) is 29.7 Å². The van der Waals surface area contributed by atoms with Gasteiger partial charge >= 0.3 is 0 Å². The molecule has 4 rings (SSSR count). The predicted octanol–water partition coefficient (Wildman–Crippen LogP) is 2.45. The molecule has 0 spiro atoms. The maximum absolute atomic E-state index is 12.7. The van der Waals surface area contributed by atoms with Crippen LogP contribution in [0.5, 0.6) is 0 Å². The van der Waals surface area contributed by atoms with Gasteiger partial charge < -0.3 is 4.57 Å². The summed E-state index contributed by atoms with van der Waals surface area (Å²) in [4.78, 5) is 12.7. The molecule has 1 aromatic carbocycles. The summed E-state index contributed by atoms with van der Waals surface area (Å²) in [5.41, 5.74) is 3.71. The highest BCUT2D eigenvalue weighted by atomic mass is 16.1. The van der Waals surface area contributed by atoms with E-state index in [0.717, 1.165) is 35.9 Å². The van der Waals surface area contributed by atoms with E-state index in [1.165, 1.54) is 16.8 Å². The summed E-state index contributed by atoms with van der Waals surface area (Å²) in [6.07, 6.45) is 5.17. The Bertz CT molecular complexity index is 973. The maximum atomic E-state index is 12.7. The molecule has 0 saturated heterocycles. The highest BCUT2D eigenvalue weighted by molar-refractivity contribution is 5.79. The molecular weight excluding hydrogens is 288 g/mol. The third kappa shape index (κ3) is 2.33. The second-order valence-electron chi connectivity index (χ2n) is 5.96. The lowest BCUT2D eigenvalue weighted by atomic mass is 10.1. The molecule has 114 valence electrons. The number of fused-ring (bicyclic) bond motifs is 3. The zero-order chi connectivity index (χ0) is 15.8. The van der Waals surface area contributed by atoms with Gasteiger partial charge in [-0.1, -0.05) is 12.1 Å². The summed E-state index contributed by atoms with van der Waals surface area (Å²) in [6, 6.07) is 11.4. The molecule has 0 amide bonds. The Morgan fingerprint density at radius 1 is 1.22 bits per heavy atom. The van der Waals surface area contributed by atoms with E-state index in [4.69, 9.17) is 5.26 Å². The Kier molecular flexibility index (Phi) is 3.23. The average molecular weight is 304 g/mol. The summed E-state index contributed by atoms with van der Waals surface area (Å²) in [7, 11) is 0. The number of rotatable bonds is 2. The number of aromatic nitrogens is 3. The Balaban J connectivity index is 1.74. The Morgan fingerprint density at radius 3 is 2.83 bits per heavy atom. The van der Waals surface area contributed by atoms with Crippen molar-refractivity contribution in [1.29, 1.82) is 5.26 Å². The molecular formula is C18H16N4O. The van der Waals surface area contributed by atoms with Crippen LogP contribution in [0.4, 0.5) is 0 Å². The van der Waals surface area contributed by atoms with Crippen molar-refractivity contribution >= 4 is 10.9 Å². The number of nitriles is 1. The lowest BCUT2D eigenvalue weighted by Crippen LogP contribution is -2.23. The molecule has 1 aliphatic heterocycles. The molecule has 0 radical (unpaired) electrons. The summed E-state index contributed by atoms with van der Waals surface area (Å²) >= 11 is 0. The first-order valence-corrected chi connectivity index (χ1v) is 7.83. The van der Waals surface area contributed by atoms with Crippen LogP contribution in [0, 0.1) is 11.3 Å². The fourth-order valence-electron chi connectivity index (χ4n) is 3.26. The minimum atomic E-state index is -0.0474. The zero-order valence-corrected chi connectivity index (χ0v) is 12.7. The van der Waals surface area contributed by atoms with Crippen molar-refractivity contribution < 1.29 is 0 Å². The molecule has 5 heteroatoms. The molecule has 0 atom stereocenters. The second-order valence-corrected chi connectivity index (χ2v) is 5.96. The van der Waals surface area contributed by atoms with Crippen molar-refractivity contribution in [2.24, 2.45) is 0 Å². The van der Waals surface area contributed by atoms with E-state index in [1.54, 1.807) is 18.3 Å². The molecule has 0 fully saturated rings. The van der Waals surface area contributed by atoms with E-state index >= 15 is 0 Å². The quantitative estimate of drug-likeness (QED) is 0.730. The molecule has 3 aromatic rings. The van der Waals surface area contributed by atoms with Gasteiger partial charge in [0.15, 0.2) is 0 Å². The van der Waals surface area contributed by atoms with Crippen LogP contribution in [-0.4, -0.2) is 14.3 Å². The normalized spacial score (nSPS) is 13.7. The van der Waals surface area contributed by atoms with Crippen molar-refractivity contribution in [2.75, 3.05) is 0 Å². The van der Waals surface area contributed by atoms with E-state index < -0.39 is 0 Å². The fourth-order valence-corrected chi connectivity index (χ4v) is 3.26. The number of aryl methyl sites for hydroxylation is 2. The van der Waals surface area contributed by atoms with Crippen molar-refractivity contribution in [2.45, 2.75) is 32.4 Å². The van der Waals surface area contributed by atoms with Crippen molar-refractivity contribution in [3.05, 3.63) is 63.7 Å². The minimum absolute atomic E-state index is 0.0474. The maximum Gasteiger partial charge on any atom is 0.276 e. The molecule has 0 unspecified atom stereocenters. The second kappa shape index (κ2) is 5.40. The minimum Gasteiger partial charge on any atom is -0.343 e. The van der Waals surface area contributed by atoms with Gasteiger partial charge in [-0.15, -0.1) is 0 Å². The molecule has 23 heavy (non-hydrogen) atoms. The van der Waals surface area contributed by atoms with Crippen LogP contribution in [0.3, 0.4) is 0 Å². The Labute approximate surface area is 133 Å². The van der Waals surface area contributed by atoms with Crippen molar-refractivity contribution in [1.82, 2.24) is 14.3 Å². The predicted molar refractivity (Wildman–Crippen MR) is 87.2 cm³/mol. The molecule has 1 aliphatic rings. The first kappa shape index (κ1) is 13.8. The Hall–Kier alpha value is -2.87. The molecule has 2 aromatic heterocycles. The Morgan fingerprint density at radius 2 is 2.04 bits per heavy atom. The molecule has 0 N–H and O–H groups in total. The van der Waals surface area contributed by atoms with Gasteiger partial charge in [-0.25, -0.2) is 4.68 Å². The number of benzene rings is 1.